The van der Waals surface area contributed by atoms with Crippen LogP contribution in [0.2, 0.25) is 0 Å². The molecule has 2 amide bonds. The molecule has 8 heteroatoms. The van der Waals surface area contributed by atoms with Crippen LogP contribution in [0, 0.1) is 13.8 Å². The lowest BCUT2D eigenvalue weighted by Gasteiger charge is -2.08. The Morgan fingerprint density at radius 1 is 1.19 bits per heavy atom. The Labute approximate surface area is 156 Å². The van der Waals surface area contributed by atoms with Crippen LogP contribution < -0.4 is 15.8 Å². The minimum atomic E-state index is -0.533. The standard InChI is InChI=1S/C19H19N5O3/c1-12-8-13(2)24(23-12)11-17(25)22-15-6-7-18(21-10-15)27-16-5-3-4-14(9-16)19(20)26/h3-10H,11H2,1-2H3,(H2,20,26)(H,22,25). The van der Waals surface area contributed by atoms with Crippen LogP contribution in [0.15, 0.2) is 48.7 Å². The Kier molecular flexibility index (Phi) is 5.16. The number of ether oxygens (including phenoxy) is 1. The molecule has 3 rings (SSSR count). The predicted octanol–water partition coefficient (Wildman–Crippen LogP) is 2.42. The van der Waals surface area contributed by atoms with Crippen molar-refractivity contribution < 1.29 is 14.3 Å². The zero-order valence-corrected chi connectivity index (χ0v) is 15.0. The van der Waals surface area contributed by atoms with Gasteiger partial charge in [-0.25, -0.2) is 4.98 Å². The van der Waals surface area contributed by atoms with Gasteiger partial charge in [0.15, 0.2) is 0 Å². The SMILES string of the molecule is Cc1cc(C)n(CC(=O)Nc2ccc(Oc3cccc(C(N)=O)c3)nc2)n1. The molecule has 0 saturated carbocycles. The summed E-state index contributed by atoms with van der Waals surface area (Å²) < 4.78 is 7.24. The fourth-order valence-electron chi connectivity index (χ4n) is 2.52. The first-order chi connectivity index (χ1) is 12.9. The van der Waals surface area contributed by atoms with E-state index < -0.39 is 5.91 Å². The number of aryl methyl sites for hydroxylation is 2. The van der Waals surface area contributed by atoms with Crippen LogP contribution in [0.25, 0.3) is 0 Å². The van der Waals surface area contributed by atoms with Gasteiger partial charge in [0.2, 0.25) is 17.7 Å². The topological polar surface area (TPSA) is 112 Å². The summed E-state index contributed by atoms with van der Waals surface area (Å²) in [6.45, 7) is 3.90. The highest BCUT2D eigenvalue weighted by Crippen LogP contribution is 2.21. The first-order valence-electron chi connectivity index (χ1n) is 8.25. The number of nitrogens with zero attached hydrogens (tertiary/aromatic N) is 3. The van der Waals surface area contributed by atoms with Crippen LogP contribution in [-0.2, 0) is 11.3 Å². The highest BCUT2D eigenvalue weighted by Gasteiger charge is 2.08. The molecular formula is C19H19N5O3. The van der Waals surface area contributed by atoms with E-state index in [9.17, 15) is 9.59 Å². The number of carbonyl (C=O) groups is 2. The van der Waals surface area contributed by atoms with Crippen LogP contribution in [-0.4, -0.2) is 26.6 Å². The van der Waals surface area contributed by atoms with Crippen LogP contribution in [0.1, 0.15) is 21.7 Å². The van der Waals surface area contributed by atoms with Gasteiger partial charge in [-0.3, -0.25) is 14.3 Å². The number of aromatic nitrogens is 3. The number of rotatable bonds is 6. The Morgan fingerprint density at radius 2 is 2.00 bits per heavy atom. The summed E-state index contributed by atoms with van der Waals surface area (Å²) in [6.07, 6.45) is 1.49. The maximum Gasteiger partial charge on any atom is 0.248 e. The number of nitrogens with two attached hydrogens (primary N) is 1. The van der Waals surface area contributed by atoms with Crippen molar-refractivity contribution >= 4 is 17.5 Å². The van der Waals surface area contributed by atoms with Crippen molar-refractivity contribution in [2.45, 2.75) is 20.4 Å². The monoisotopic (exact) mass is 365 g/mol. The van der Waals surface area contributed by atoms with Crippen LogP contribution >= 0.6 is 0 Å². The normalized spacial score (nSPS) is 10.4. The van der Waals surface area contributed by atoms with Gasteiger partial charge in [-0.15, -0.1) is 0 Å². The van der Waals surface area contributed by atoms with Crippen molar-refractivity contribution in [2.24, 2.45) is 5.73 Å². The van der Waals surface area contributed by atoms with Crippen molar-refractivity contribution in [1.29, 1.82) is 0 Å². The average Bonchev–Trinajstić information content (AvgIpc) is 2.94. The smallest absolute Gasteiger partial charge is 0.248 e. The van der Waals surface area contributed by atoms with Crippen molar-refractivity contribution in [2.75, 3.05) is 5.32 Å². The summed E-state index contributed by atoms with van der Waals surface area (Å²) >= 11 is 0. The number of hydrogen-bond donors (Lipinski definition) is 2. The molecular weight excluding hydrogens is 346 g/mol. The molecule has 1 aromatic carbocycles. The van der Waals surface area contributed by atoms with Gasteiger partial charge in [-0.1, -0.05) is 6.07 Å². The van der Waals surface area contributed by atoms with Gasteiger partial charge in [0.05, 0.1) is 17.6 Å². The lowest BCUT2D eigenvalue weighted by Crippen LogP contribution is -2.20. The molecule has 0 aliphatic rings. The third-order valence-corrected chi connectivity index (χ3v) is 3.76. The molecule has 2 aromatic heterocycles. The fraction of sp³-hybridized carbons (Fsp3) is 0.158. The number of nitrogens with one attached hydrogen (secondary N) is 1. The van der Waals surface area contributed by atoms with E-state index in [0.29, 0.717) is 22.9 Å². The Morgan fingerprint density at radius 3 is 2.63 bits per heavy atom. The molecule has 0 bridgehead atoms. The van der Waals surface area contributed by atoms with Crippen molar-refractivity contribution in [3.05, 3.63) is 65.6 Å². The number of carbonyl (C=O) groups excluding carboxylic acids is 2. The van der Waals surface area contributed by atoms with E-state index in [4.69, 9.17) is 10.5 Å². The minimum Gasteiger partial charge on any atom is -0.439 e. The maximum absolute atomic E-state index is 12.1. The number of amides is 2. The Balaban J connectivity index is 1.61. The summed E-state index contributed by atoms with van der Waals surface area (Å²) in [5.74, 6) is 0.0354. The second kappa shape index (κ2) is 7.69. The zero-order chi connectivity index (χ0) is 19.4. The number of primary amides is 1. The number of anilines is 1. The highest BCUT2D eigenvalue weighted by atomic mass is 16.5. The quantitative estimate of drug-likeness (QED) is 0.697. The molecule has 3 N–H and O–H groups in total. The summed E-state index contributed by atoms with van der Waals surface area (Å²) in [7, 11) is 0. The summed E-state index contributed by atoms with van der Waals surface area (Å²) in [5.41, 5.74) is 7.92. The second-order valence-electron chi connectivity index (χ2n) is 6.01. The largest absolute Gasteiger partial charge is 0.439 e. The summed E-state index contributed by atoms with van der Waals surface area (Å²) in [6, 6.07) is 11.7. The van der Waals surface area contributed by atoms with Crippen molar-refractivity contribution in [3.8, 4) is 11.6 Å². The molecule has 2 heterocycles. The first kappa shape index (κ1) is 18.1. The van der Waals surface area contributed by atoms with E-state index in [2.05, 4.69) is 15.4 Å². The summed E-state index contributed by atoms with van der Waals surface area (Å²) in [5, 5.41) is 7.02. The highest BCUT2D eigenvalue weighted by molar-refractivity contribution is 5.93. The van der Waals surface area contributed by atoms with E-state index in [0.717, 1.165) is 11.4 Å². The van der Waals surface area contributed by atoms with Crippen molar-refractivity contribution in [3.63, 3.8) is 0 Å². The van der Waals surface area contributed by atoms with Gasteiger partial charge >= 0.3 is 0 Å². The van der Waals surface area contributed by atoms with Crippen LogP contribution in [0.3, 0.4) is 0 Å². The molecule has 27 heavy (non-hydrogen) atoms. The molecule has 0 atom stereocenters. The minimum absolute atomic E-state index is 0.123. The number of hydrogen-bond acceptors (Lipinski definition) is 5. The van der Waals surface area contributed by atoms with Gasteiger partial charge in [0.1, 0.15) is 12.3 Å². The van der Waals surface area contributed by atoms with Crippen LogP contribution in [0.4, 0.5) is 5.69 Å². The molecule has 8 nitrogen and oxygen atoms in total. The van der Waals surface area contributed by atoms with Crippen LogP contribution in [0.5, 0.6) is 11.6 Å². The molecule has 0 fully saturated rings. The Hall–Kier alpha value is -3.68. The van der Waals surface area contributed by atoms with E-state index >= 15 is 0 Å². The molecule has 0 aliphatic heterocycles. The number of pyridine rings is 1. The van der Waals surface area contributed by atoms with Gasteiger partial charge in [-0.2, -0.15) is 5.10 Å². The van der Waals surface area contributed by atoms with Gasteiger partial charge < -0.3 is 15.8 Å². The average molecular weight is 365 g/mol. The third kappa shape index (κ3) is 4.69. The lowest BCUT2D eigenvalue weighted by atomic mass is 10.2. The predicted molar refractivity (Wildman–Crippen MR) is 99.6 cm³/mol. The molecule has 0 unspecified atom stereocenters. The molecule has 0 spiro atoms. The molecule has 0 aliphatic carbocycles. The van der Waals surface area contributed by atoms with E-state index in [1.54, 1.807) is 35.0 Å². The fourth-order valence-corrected chi connectivity index (χ4v) is 2.52. The van der Waals surface area contributed by atoms with Gasteiger partial charge in [0, 0.05) is 17.3 Å². The maximum atomic E-state index is 12.1. The van der Waals surface area contributed by atoms with Gasteiger partial charge in [0.25, 0.3) is 0 Å². The van der Waals surface area contributed by atoms with Crippen molar-refractivity contribution in [1.82, 2.24) is 14.8 Å². The molecule has 3 aromatic rings. The zero-order valence-electron chi connectivity index (χ0n) is 15.0. The van der Waals surface area contributed by atoms with E-state index in [1.165, 1.54) is 12.3 Å². The molecule has 138 valence electrons. The third-order valence-electron chi connectivity index (χ3n) is 3.76. The van der Waals surface area contributed by atoms with E-state index in [-0.39, 0.29) is 12.5 Å². The summed E-state index contributed by atoms with van der Waals surface area (Å²) in [4.78, 5) is 27.5. The number of benzene rings is 1. The first-order valence-corrected chi connectivity index (χ1v) is 8.25. The lowest BCUT2D eigenvalue weighted by molar-refractivity contribution is -0.116. The van der Waals surface area contributed by atoms with Gasteiger partial charge in [-0.05, 0) is 44.2 Å². The van der Waals surface area contributed by atoms with E-state index in [1.807, 2.05) is 19.9 Å². The molecule has 0 radical (unpaired) electrons. The second-order valence-corrected chi connectivity index (χ2v) is 6.01. The molecule has 0 saturated heterocycles. The Bertz CT molecular complexity index is 979.